The molecule has 1 N–H and O–H groups in total. The van der Waals surface area contributed by atoms with Gasteiger partial charge >= 0.3 is 0 Å². The Morgan fingerprint density at radius 2 is 2.08 bits per heavy atom. The van der Waals surface area contributed by atoms with Crippen LogP contribution in [0.4, 0.5) is 0 Å². The van der Waals surface area contributed by atoms with Crippen LogP contribution in [-0.4, -0.2) is 23.9 Å². The van der Waals surface area contributed by atoms with E-state index in [-0.39, 0.29) is 0 Å². The van der Waals surface area contributed by atoms with Gasteiger partial charge in [0, 0.05) is 12.5 Å². The van der Waals surface area contributed by atoms with Crippen LogP contribution in [0.5, 0.6) is 0 Å². The molecule has 3 heteroatoms. The van der Waals surface area contributed by atoms with E-state index in [0.29, 0.717) is 12.5 Å². The fourth-order valence-corrected chi connectivity index (χ4v) is 1.07. The second-order valence-corrected chi connectivity index (χ2v) is 3.24. The molecule has 0 aliphatic carbocycles. The third-order valence-electron chi connectivity index (χ3n) is 1.64. The first-order valence-electron chi connectivity index (χ1n) is 4.67. The minimum Gasteiger partial charge on any atom is -0.368 e. The number of rotatable bonds is 8. The van der Waals surface area contributed by atoms with Crippen molar-refractivity contribution >= 4 is 11.6 Å². The summed E-state index contributed by atoms with van der Waals surface area (Å²) in [6.45, 7) is 2.72. The predicted molar refractivity (Wildman–Crippen MR) is 51.4 cm³/mol. The number of halogens is 1. The molecule has 0 fully saturated rings. The molecule has 0 spiro atoms. The van der Waals surface area contributed by atoms with Crippen molar-refractivity contribution in [3.63, 3.8) is 0 Å². The van der Waals surface area contributed by atoms with Gasteiger partial charge in [0.15, 0.2) is 6.29 Å². The van der Waals surface area contributed by atoms with Crippen LogP contribution in [0.3, 0.4) is 0 Å². The lowest BCUT2D eigenvalue weighted by Gasteiger charge is -2.10. The highest BCUT2D eigenvalue weighted by Gasteiger charge is 2.01. The summed E-state index contributed by atoms with van der Waals surface area (Å²) in [4.78, 5) is 0. The zero-order valence-corrected chi connectivity index (χ0v) is 8.52. The first-order chi connectivity index (χ1) is 5.81. The van der Waals surface area contributed by atoms with E-state index in [1.54, 1.807) is 0 Å². The van der Waals surface area contributed by atoms with Gasteiger partial charge in [0.2, 0.25) is 0 Å². The normalized spacial score (nSPS) is 13.2. The summed E-state index contributed by atoms with van der Waals surface area (Å²) in [6.07, 6.45) is 4.20. The average molecular weight is 195 g/mol. The summed E-state index contributed by atoms with van der Waals surface area (Å²) in [5, 5.41) is 9.22. The SMILES string of the molecule is CCCCC(O)OCCCCCl. The Balaban J connectivity index is 3.02. The number of aliphatic hydroxyl groups excluding tert-OH is 1. The minimum atomic E-state index is -0.569. The predicted octanol–water partition coefficient (Wildman–Crippen LogP) is 2.53. The summed E-state index contributed by atoms with van der Waals surface area (Å²) in [7, 11) is 0. The topological polar surface area (TPSA) is 29.5 Å². The molecule has 0 aromatic carbocycles. The van der Waals surface area contributed by atoms with Gasteiger partial charge < -0.3 is 9.84 Å². The Hall–Kier alpha value is 0.210. The molecule has 0 aromatic rings. The van der Waals surface area contributed by atoms with E-state index >= 15 is 0 Å². The number of aliphatic hydroxyl groups is 1. The average Bonchev–Trinajstić information content (AvgIpc) is 2.09. The lowest BCUT2D eigenvalue weighted by Crippen LogP contribution is -2.12. The molecule has 12 heavy (non-hydrogen) atoms. The van der Waals surface area contributed by atoms with Crippen molar-refractivity contribution in [2.24, 2.45) is 0 Å². The second kappa shape index (κ2) is 9.30. The van der Waals surface area contributed by atoms with Gasteiger partial charge in [-0.15, -0.1) is 11.6 Å². The molecule has 0 aliphatic rings. The van der Waals surface area contributed by atoms with Crippen LogP contribution in [0, 0.1) is 0 Å². The molecule has 0 radical (unpaired) electrons. The van der Waals surface area contributed by atoms with E-state index < -0.39 is 6.29 Å². The minimum absolute atomic E-state index is 0.569. The molecule has 0 heterocycles. The van der Waals surface area contributed by atoms with Crippen molar-refractivity contribution in [3.05, 3.63) is 0 Å². The standard InChI is InChI=1S/C9H19ClO2/c1-2-3-6-9(11)12-8-5-4-7-10/h9,11H,2-8H2,1H3. The summed E-state index contributed by atoms with van der Waals surface area (Å²) < 4.78 is 5.14. The van der Waals surface area contributed by atoms with Gasteiger partial charge in [-0.3, -0.25) is 0 Å². The van der Waals surface area contributed by atoms with Gasteiger partial charge in [0.25, 0.3) is 0 Å². The highest BCUT2D eigenvalue weighted by Crippen LogP contribution is 2.03. The van der Waals surface area contributed by atoms with E-state index in [9.17, 15) is 5.11 Å². The molecule has 1 atom stereocenters. The molecule has 1 unspecified atom stereocenters. The quantitative estimate of drug-likeness (QED) is 0.366. The van der Waals surface area contributed by atoms with E-state index in [1.165, 1.54) is 0 Å². The molecule has 0 bridgehead atoms. The summed E-state index contributed by atoms with van der Waals surface area (Å²) in [5.41, 5.74) is 0. The number of ether oxygens (including phenoxy) is 1. The Kier molecular flexibility index (Phi) is 9.46. The van der Waals surface area contributed by atoms with E-state index in [1.807, 2.05) is 0 Å². The summed E-state index contributed by atoms with van der Waals surface area (Å²) in [6, 6.07) is 0. The maximum Gasteiger partial charge on any atom is 0.154 e. The first-order valence-corrected chi connectivity index (χ1v) is 5.20. The Labute approximate surface area is 79.9 Å². The molecule has 0 aromatic heterocycles. The Bertz CT molecular complexity index is 88.6. The molecule has 2 nitrogen and oxygen atoms in total. The van der Waals surface area contributed by atoms with Crippen LogP contribution in [-0.2, 0) is 4.74 Å². The molecule has 0 saturated heterocycles. The van der Waals surface area contributed by atoms with Crippen molar-refractivity contribution in [2.45, 2.75) is 45.3 Å². The maximum atomic E-state index is 9.22. The van der Waals surface area contributed by atoms with Crippen molar-refractivity contribution in [1.82, 2.24) is 0 Å². The van der Waals surface area contributed by atoms with Gasteiger partial charge in [-0.25, -0.2) is 0 Å². The van der Waals surface area contributed by atoms with Crippen molar-refractivity contribution in [3.8, 4) is 0 Å². The monoisotopic (exact) mass is 194 g/mol. The zero-order chi connectivity index (χ0) is 9.23. The Morgan fingerprint density at radius 1 is 1.33 bits per heavy atom. The van der Waals surface area contributed by atoms with Gasteiger partial charge in [-0.2, -0.15) is 0 Å². The maximum absolute atomic E-state index is 9.22. The largest absolute Gasteiger partial charge is 0.368 e. The highest BCUT2D eigenvalue weighted by molar-refractivity contribution is 6.17. The number of hydrogen-bond acceptors (Lipinski definition) is 2. The number of unbranched alkanes of at least 4 members (excludes halogenated alkanes) is 2. The Morgan fingerprint density at radius 3 is 2.67 bits per heavy atom. The lowest BCUT2D eigenvalue weighted by molar-refractivity contribution is -0.104. The smallest absolute Gasteiger partial charge is 0.154 e. The van der Waals surface area contributed by atoms with Gasteiger partial charge in [0.05, 0.1) is 0 Å². The molecule has 0 rings (SSSR count). The van der Waals surface area contributed by atoms with Crippen LogP contribution in [0.25, 0.3) is 0 Å². The molecule has 0 amide bonds. The number of hydrogen-bond donors (Lipinski definition) is 1. The highest BCUT2D eigenvalue weighted by atomic mass is 35.5. The molecule has 74 valence electrons. The fraction of sp³-hybridized carbons (Fsp3) is 1.00. The third-order valence-corrected chi connectivity index (χ3v) is 1.91. The van der Waals surface area contributed by atoms with Gasteiger partial charge in [-0.05, 0) is 25.7 Å². The summed E-state index contributed by atoms with van der Waals surface area (Å²) >= 11 is 5.48. The van der Waals surface area contributed by atoms with E-state index in [2.05, 4.69) is 6.92 Å². The third kappa shape index (κ3) is 8.31. The van der Waals surface area contributed by atoms with Gasteiger partial charge in [-0.1, -0.05) is 13.3 Å². The van der Waals surface area contributed by atoms with Crippen LogP contribution < -0.4 is 0 Å². The van der Waals surface area contributed by atoms with Crippen molar-refractivity contribution in [2.75, 3.05) is 12.5 Å². The first kappa shape index (κ1) is 12.2. The number of alkyl halides is 1. The lowest BCUT2D eigenvalue weighted by atomic mass is 10.2. The van der Waals surface area contributed by atoms with Crippen molar-refractivity contribution < 1.29 is 9.84 Å². The molecule has 0 saturated carbocycles. The van der Waals surface area contributed by atoms with Crippen molar-refractivity contribution in [1.29, 1.82) is 0 Å². The zero-order valence-electron chi connectivity index (χ0n) is 7.76. The van der Waals surface area contributed by atoms with Crippen LogP contribution in [0.1, 0.15) is 39.0 Å². The molecule has 0 aliphatic heterocycles. The van der Waals surface area contributed by atoms with E-state index in [4.69, 9.17) is 16.3 Å². The van der Waals surface area contributed by atoms with Crippen LogP contribution >= 0.6 is 11.6 Å². The van der Waals surface area contributed by atoms with Crippen LogP contribution in [0.15, 0.2) is 0 Å². The summed E-state index contributed by atoms with van der Waals surface area (Å²) in [5.74, 6) is 0.675. The van der Waals surface area contributed by atoms with Gasteiger partial charge in [0.1, 0.15) is 0 Å². The fourth-order valence-electron chi connectivity index (χ4n) is 0.878. The second-order valence-electron chi connectivity index (χ2n) is 2.86. The van der Waals surface area contributed by atoms with Crippen LogP contribution in [0.2, 0.25) is 0 Å². The van der Waals surface area contributed by atoms with E-state index in [0.717, 1.165) is 32.1 Å². The molecular weight excluding hydrogens is 176 g/mol. The molecular formula is C9H19ClO2.